The molecule has 0 spiro atoms. The van der Waals surface area contributed by atoms with Gasteiger partial charge in [-0.2, -0.15) is 0 Å². The summed E-state index contributed by atoms with van der Waals surface area (Å²) in [6, 6.07) is 5.82. The van der Waals surface area contributed by atoms with E-state index in [4.69, 9.17) is 17.5 Å². The lowest BCUT2D eigenvalue weighted by Gasteiger charge is -2.11. The number of nitrogens with two attached hydrogens (primary N) is 1. The van der Waals surface area contributed by atoms with Crippen LogP contribution >= 0.6 is 23.4 Å². The van der Waals surface area contributed by atoms with Crippen LogP contribution in [0.1, 0.15) is 19.4 Å². The van der Waals surface area contributed by atoms with Gasteiger partial charge in [0.05, 0.1) is 6.61 Å². The topological polar surface area (TPSA) is 35.2 Å². The van der Waals surface area contributed by atoms with Gasteiger partial charge in [-0.05, 0) is 12.1 Å². The second-order valence-electron chi connectivity index (χ2n) is 3.19. The molecule has 0 radical (unpaired) electrons. The molecule has 14 heavy (non-hydrogen) atoms. The Morgan fingerprint density at radius 3 is 2.79 bits per heavy atom. The van der Waals surface area contributed by atoms with E-state index in [-0.39, 0.29) is 0 Å². The molecule has 78 valence electrons. The highest BCUT2D eigenvalue weighted by Crippen LogP contribution is 2.31. The molecule has 0 heterocycles. The van der Waals surface area contributed by atoms with Crippen molar-refractivity contribution in [3.05, 3.63) is 28.8 Å². The summed E-state index contributed by atoms with van der Waals surface area (Å²) in [6.07, 6.45) is 0. The van der Waals surface area contributed by atoms with E-state index in [1.807, 2.05) is 18.2 Å². The van der Waals surface area contributed by atoms with Crippen LogP contribution in [0.3, 0.4) is 0 Å². The van der Waals surface area contributed by atoms with Crippen LogP contribution in [0.5, 0.6) is 0 Å². The molecule has 4 heteroatoms. The maximum atomic E-state index is 6.04. The quantitative estimate of drug-likeness (QED) is 0.638. The molecule has 0 aliphatic rings. The molecule has 0 aromatic heterocycles. The lowest BCUT2D eigenvalue weighted by atomic mass is 10.2. The van der Waals surface area contributed by atoms with E-state index < -0.39 is 0 Å². The van der Waals surface area contributed by atoms with Crippen molar-refractivity contribution in [2.24, 2.45) is 5.90 Å². The molecular formula is C10H14ClNOS. The second kappa shape index (κ2) is 5.61. The maximum Gasteiger partial charge on any atom is 0.0955 e. The normalized spacial score (nSPS) is 10.9. The highest BCUT2D eigenvalue weighted by molar-refractivity contribution is 8.00. The van der Waals surface area contributed by atoms with Crippen molar-refractivity contribution in [3.63, 3.8) is 0 Å². The number of rotatable bonds is 4. The Morgan fingerprint density at radius 1 is 1.50 bits per heavy atom. The van der Waals surface area contributed by atoms with Crippen LogP contribution in [0.4, 0.5) is 0 Å². The van der Waals surface area contributed by atoms with Crippen molar-refractivity contribution in [2.75, 3.05) is 0 Å². The largest absolute Gasteiger partial charge is 0.300 e. The summed E-state index contributed by atoms with van der Waals surface area (Å²) in [4.78, 5) is 5.77. The van der Waals surface area contributed by atoms with Crippen LogP contribution in [0.2, 0.25) is 5.02 Å². The first kappa shape index (κ1) is 11.9. The third kappa shape index (κ3) is 3.17. The van der Waals surface area contributed by atoms with Crippen LogP contribution in [0, 0.1) is 0 Å². The van der Waals surface area contributed by atoms with Crippen molar-refractivity contribution in [1.29, 1.82) is 0 Å². The van der Waals surface area contributed by atoms with E-state index in [2.05, 4.69) is 18.7 Å². The predicted molar refractivity (Wildman–Crippen MR) is 61.4 cm³/mol. The Hall–Kier alpha value is -0.220. The van der Waals surface area contributed by atoms with Gasteiger partial charge in [-0.15, -0.1) is 11.8 Å². The Kier molecular flexibility index (Phi) is 4.75. The Bertz CT molecular complexity index is 304. The molecule has 0 aliphatic heterocycles. The molecular weight excluding hydrogens is 218 g/mol. The van der Waals surface area contributed by atoms with Gasteiger partial charge in [0, 0.05) is 20.7 Å². The van der Waals surface area contributed by atoms with Gasteiger partial charge in [-0.1, -0.05) is 31.5 Å². The molecule has 1 aromatic rings. The Labute approximate surface area is 93.7 Å². The first-order chi connectivity index (χ1) is 6.65. The Balaban J connectivity index is 2.95. The maximum absolute atomic E-state index is 6.04. The fourth-order valence-electron chi connectivity index (χ4n) is 1.13. The predicted octanol–water partition coefficient (Wildman–Crippen LogP) is 3.23. The molecule has 0 amide bonds. The summed E-state index contributed by atoms with van der Waals surface area (Å²) >= 11 is 7.80. The Morgan fingerprint density at radius 2 is 2.21 bits per heavy atom. The number of hydrogen-bond acceptors (Lipinski definition) is 3. The van der Waals surface area contributed by atoms with Gasteiger partial charge < -0.3 is 0 Å². The lowest BCUT2D eigenvalue weighted by molar-refractivity contribution is 0.122. The zero-order valence-corrected chi connectivity index (χ0v) is 9.86. The summed E-state index contributed by atoms with van der Waals surface area (Å²) in [7, 11) is 0. The van der Waals surface area contributed by atoms with E-state index in [0.717, 1.165) is 10.5 Å². The van der Waals surface area contributed by atoms with E-state index in [1.54, 1.807) is 11.8 Å². The second-order valence-corrected chi connectivity index (χ2v) is 5.22. The molecule has 2 nitrogen and oxygen atoms in total. The molecule has 0 unspecified atom stereocenters. The third-order valence-electron chi connectivity index (χ3n) is 1.67. The minimum absolute atomic E-state index is 0.356. The zero-order valence-electron chi connectivity index (χ0n) is 8.29. The summed E-state index contributed by atoms with van der Waals surface area (Å²) in [5.74, 6) is 5.06. The van der Waals surface area contributed by atoms with Crippen LogP contribution in [-0.4, -0.2) is 5.25 Å². The summed E-state index contributed by atoms with van der Waals surface area (Å²) in [6.45, 7) is 4.63. The van der Waals surface area contributed by atoms with Gasteiger partial charge in [0.2, 0.25) is 0 Å². The van der Waals surface area contributed by atoms with Crippen molar-refractivity contribution < 1.29 is 4.84 Å². The number of halogens is 1. The number of thioether (sulfide) groups is 1. The third-order valence-corrected chi connectivity index (χ3v) is 3.13. The summed E-state index contributed by atoms with van der Waals surface area (Å²) in [5, 5.41) is 1.23. The van der Waals surface area contributed by atoms with Crippen molar-refractivity contribution in [1.82, 2.24) is 0 Å². The SMILES string of the molecule is CC(C)Sc1cccc(Cl)c1CON. The van der Waals surface area contributed by atoms with Gasteiger partial charge in [0.15, 0.2) is 0 Å². The standard InChI is InChI=1S/C10H14ClNOS/c1-7(2)14-10-5-3-4-9(11)8(10)6-13-12/h3-5,7H,6,12H2,1-2H3. The molecule has 0 fully saturated rings. The van der Waals surface area contributed by atoms with E-state index in [0.29, 0.717) is 16.9 Å². The molecule has 0 atom stereocenters. The molecule has 0 bridgehead atoms. The van der Waals surface area contributed by atoms with Gasteiger partial charge >= 0.3 is 0 Å². The van der Waals surface area contributed by atoms with E-state index in [9.17, 15) is 0 Å². The molecule has 1 rings (SSSR count). The van der Waals surface area contributed by atoms with Gasteiger partial charge in [-0.3, -0.25) is 4.84 Å². The monoisotopic (exact) mass is 231 g/mol. The average molecular weight is 232 g/mol. The molecule has 0 saturated carbocycles. The van der Waals surface area contributed by atoms with E-state index in [1.165, 1.54) is 0 Å². The molecule has 0 aliphatic carbocycles. The fourth-order valence-corrected chi connectivity index (χ4v) is 2.39. The smallest absolute Gasteiger partial charge is 0.0955 e. The van der Waals surface area contributed by atoms with Crippen molar-refractivity contribution in [3.8, 4) is 0 Å². The lowest BCUT2D eigenvalue weighted by Crippen LogP contribution is -2.01. The van der Waals surface area contributed by atoms with Gasteiger partial charge in [0.25, 0.3) is 0 Å². The van der Waals surface area contributed by atoms with Crippen LogP contribution in [0.25, 0.3) is 0 Å². The van der Waals surface area contributed by atoms with Crippen LogP contribution in [0.15, 0.2) is 23.1 Å². The zero-order chi connectivity index (χ0) is 10.6. The highest BCUT2D eigenvalue weighted by Gasteiger charge is 2.08. The summed E-state index contributed by atoms with van der Waals surface area (Å²) in [5.41, 5.74) is 0.968. The first-order valence-electron chi connectivity index (χ1n) is 4.41. The highest BCUT2D eigenvalue weighted by atomic mass is 35.5. The molecule has 0 saturated heterocycles. The minimum Gasteiger partial charge on any atom is -0.300 e. The van der Waals surface area contributed by atoms with Crippen molar-refractivity contribution in [2.45, 2.75) is 30.6 Å². The van der Waals surface area contributed by atoms with Crippen LogP contribution < -0.4 is 5.90 Å². The van der Waals surface area contributed by atoms with Crippen molar-refractivity contribution >= 4 is 23.4 Å². The minimum atomic E-state index is 0.356. The summed E-state index contributed by atoms with van der Waals surface area (Å²) < 4.78 is 0. The average Bonchev–Trinajstić information content (AvgIpc) is 2.10. The fraction of sp³-hybridized carbons (Fsp3) is 0.400. The van der Waals surface area contributed by atoms with Gasteiger partial charge in [-0.25, -0.2) is 5.90 Å². The number of hydrogen-bond donors (Lipinski definition) is 1. The van der Waals surface area contributed by atoms with E-state index >= 15 is 0 Å². The number of benzene rings is 1. The molecule has 1 aromatic carbocycles. The first-order valence-corrected chi connectivity index (χ1v) is 5.66. The molecule has 2 N–H and O–H groups in total. The van der Waals surface area contributed by atoms with Crippen LogP contribution in [-0.2, 0) is 11.4 Å². The van der Waals surface area contributed by atoms with Gasteiger partial charge in [0.1, 0.15) is 0 Å².